The van der Waals surface area contributed by atoms with Crippen molar-refractivity contribution in [2.75, 3.05) is 19.6 Å². The molecule has 2 N–H and O–H groups in total. The van der Waals surface area contributed by atoms with Crippen LogP contribution >= 0.6 is 0 Å². The second-order valence-corrected chi connectivity index (χ2v) is 5.96. The van der Waals surface area contributed by atoms with Gasteiger partial charge in [-0.2, -0.15) is 0 Å². The van der Waals surface area contributed by atoms with Crippen LogP contribution in [0.4, 0.5) is 0 Å². The van der Waals surface area contributed by atoms with Crippen molar-refractivity contribution in [3.63, 3.8) is 0 Å². The number of aromatic nitrogens is 3. The summed E-state index contributed by atoms with van der Waals surface area (Å²) >= 11 is 0. The quantitative estimate of drug-likeness (QED) is 0.886. The molecule has 0 bridgehead atoms. The fourth-order valence-electron chi connectivity index (χ4n) is 3.45. The number of nitrogens with zero attached hydrogens (tertiary/aromatic N) is 4. The third kappa shape index (κ3) is 2.98. The largest absolute Gasteiger partial charge is 0.330 e. The summed E-state index contributed by atoms with van der Waals surface area (Å²) in [6.07, 6.45) is 7.43. The minimum Gasteiger partial charge on any atom is -0.330 e. The van der Waals surface area contributed by atoms with E-state index in [-0.39, 0.29) is 0 Å². The van der Waals surface area contributed by atoms with Crippen LogP contribution < -0.4 is 5.73 Å². The van der Waals surface area contributed by atoms with Crippen LogP contribution in [0.15, 0.2) is 0 Å². The van der Waals surface area contributed by atoms with Gasteiger partial charge in [-0.3, -0.25) is 4.90 Å². The maximum Gasteiger partial charge on any atom is 0.147 e. The lowest BCUT2D eigenvalue weighted by atomic mass is 9.95. The molecule has 1 aromatic heterocycles. The van der Waals surface area contributed by atoms with Crippen molar-refractivity contribution in [2.24, 2.45) is 11.7 Å². The molecule has 2 aliphatic heterocycles. The molecule has 1 saturated heterocycles. The summed E-state index contributed by atoms with van der Waals surface area (Å²) in [4.78, 5) is 2.54. The summed E-state index contributed by atoms with van der Waals surface area (Å²) in [6, 6.07) is 0. The van der Waals surface area contributed by atoms with Crippen molar-refractivity contribution in [3.05, 3.63) is 11.6 Å². The minimum atomic E-state index is 0.780. The van der Waals surface area contributed by atoms with Gasteiger partial charge in [0.25, 0.3) is 0 Å². The van der Waals surface area contributed by atoms with E-state index in [1.54, 1.807) is 0 Å². The van der Waals surface area contributed by atoms with Gasteiger partial charge < -0.3 is 10.3 Å². The number of aryl methyl sites for hydroxylation is 1. The molecule has 0 aliphatic carbocycles. The van der Waals surface area contributed by atoms with E-state index in [1.165, 1.54) is 50.4 Å². The molecule has 5 heteroatoms. The molecule has 1 unspecified atom stereocenters. The van der Waals surface area contributed by atoms with Gasteiger partial charge >= 0.3 is 0 Å². The Morgan fingerprint density at radius 2 is 2.11 bits per heavy atom. The number of fused-ring (bicyclic) bond motifs is 1. The lowest BCUT2D eigenvalue weighted by Gasteiger charge is -2.32. The Morgan fingerprint density at radius 3 is 3.00 bits per heavy atom. The predicted octanol–water partition coefficient (Wildman–Crippen LogP) is 1.18. The second kappa shape index (κ2) is 6.01. The average molecular weight is 263 g/mol. The Labute approximate surface area is 115 Å². The SMILES string of the molecule is NCCC1CCCN(Cc2nnc3n2CCCC3)C1. The normalized spacial score (nSPS) is 24.4. The maximum absolute atomic E-state index is 5.69. The number of piperidine rings is 1. The van der Waals surface area contributed by atoms with Gasteiger partial charge in [-0.05, 0) is 51.1 Å². The average Bonchev–Trinajstić information content (AvgIpc) is 2.83. The van der Waals surface area contributed by atoms with Gasteiger partial charge in [0.15, 0.2) is 0 Å². The first-order valence-electron chi connectivity index (χ1n) is 7.70. The summed E-state index contributed by atoms with van der Waals surface area (Å²) in [7, 11) is 0. The van der Waals surface area contributed by atoms with Crippen molar-refractivity contribution in [3.8, 4) is 0 Å². The molecule has 2 aliphatic rings. The lowest BCUT2D eigenvalue weighted by Crippen LogP contribution is -2.36. The van der Waals surface area contributed by atoms with Gasteiger partial charge in [-0.15, -0.1) is 10.2 Å². The van der Waals surface area contributed by atoms with Crippen LogP contribution in [0.3, 0.4) is 0 Å². The zero-order chi connectivity index (χ0) is 13.1. The molecule has 1 fully saturated rings. The monoisotopic (exact) mass is 263 g/mol. The van der Waals surface area contributed by atoms with Crippen LogP contribution in [0.25, 0.3) is 0 Å². The fourth-order valence-corrected chi connectivity index (χ4v) is 3.45. The van der Waals surface area contributed by atoms with Gasteiger partial charge in [-0.1, -0.05) is 0 Å². The minimum absolute atomic E-state index is 0.780. The number of nitrogens with two attached hydrogens (primary N) is 1. The van der Waals surface area contributed by atoms with E-state index in [9.17, 15) is 0 Å². The van der Waals surface area contributed by atoms with E-state index >= 15 is 0 Å². The Hall–Kier alpha value is -0.940. The smallest absolute Gasteiger partial charge is 0.147 e. The topological polar surface area (TPSA) is 60.0 Å². The molecule has 5 nitrogen and oxygen atoms in total. The molecule has 1 aromatic rings. The van der Waals surface area contributed by atoms with Crippen molar-refractivity contribution in [1.29, 1.82) is 0 Å². The summed E-state index contributed by atoms with van der Waals surface area (Å²) in [5.41, 5.74) is 5.69. The molecule has 0 radical (unpaired) electrons. The first kappa shape index (κ1) is 13.1. The van der Waals surface area contributed by atoms with Crippen LogP contribution in [0.5, 0.6) is 0 Å². The standard InChI is InChI=1S/C14H25N5/c15-7-6-12-4-3-8-18(10-12)11-14-17-16-13-5-1-2-9-19(13)14/h12H,1-11,15H2. The van der Waals surface area contributed by atoms with Crippen molar-refractivity contribution >= 4 is 0 Å². The molecular formula is C14H25N5. The van der Waals surface area contributed by atoms with Crippen LogP contribution in [-0.2, 0) is 19.5 Å². The van der Waals surface area contributed by atoms with Gasteiger partial charge in [0.2, 0.25) is 0 Å². The van der Waals surface area contributed by atoms with E-state index in [0.29, 0.717) is 0 Å². The van der Waals surface area contributed by atoms with Crippen LogP contribution in [0, 0.1) is 5.92 Å². The Morgan fingerprint density at radius 1 is 1.16 bits per heavy atom. The molecule has 0 amide bonds. The van der Waals surface area contributed by atoms with Crippen molar-refractivity contribution in [2.45, 2.75) is 51.6 Å². The first-order chi connectivity index (χ1) is 9.36. The third-order valence-corrected chi connectivity index (χ3v) is 4.48. The van der Waals surface area contributed by atoms with Crippen LogP contribution in [-0.4, -0.2) is 39.3 Å². The highest BCUT2D eigenvalue weighted by Crippen LogP contribution is 2.21. The Kier molecular flexibility index (Phi) is 4.13. The zero-order valence-electron chi connectivity index (χ0n) is 11.7. The van der Waals surface area contributed by atoms with Crippen LogP contribution in [0.2, 0.25) is 0 Å². The van der Waals surface area contributed by atoms with E-state index < -0.39 is 0 Å². The molecule has 3 heterocycles. The summed E-state index contributed by atoms with van der Waals surface area (Å²) in [6.45, 7) is 5.27. The summed E-state index contributed by atoms with van der Waals surface area (Å²) < 4.78 is 2.34. The Bertz CT molecular complexity index is 412. The van der Waals surface area contributed by atoms with E-state index in [4.69, 9.17) is 5.73 Å². The first-order valence-corrected chi connectivity index (χ1v) is 7.70. The number of hydrogen-bond acceptors (Lipinski definition) is 4. The maximum atomic E-state index is 5.69. The van der Waals surface area contributed by atoms with Gasteiger partial charge in [0.05, 0.1) is 6.54 Å². The summed E-state index contributed by atoms with van der Waals surface area (Å²) in [5.74, 6) is 3.14. The summed E-state index contributed by atoms with van der Waals surface area (Å²) in [5, 5.41) is 8.75. The predicted molar refractivity (Wildman–Crippen MR) is 74.6 cm³/mol. The molecule has 1 atom stereocenters. The van der Waals surface area contributed by atoms with Gasteiger partial charge in [-0.25, -0.2) is 0 Å². The highest BCUT2D eigenvalue weighted by molar-refractivity contribution is 4.99. The van der Waals surface area contributed by atoms with Crippen LogP contribution in [0.1, 0.15) is 43.8 Å². The highest BCUT2D eigenvalue weighted by Gasteiger charge is 2.22. The van der Waals surface area contributed by atoms with E-state index in [1.807, 2.05) is 0 Å². The molecule has 106 valence electrons. The van der Waals surface area contributed by atoms with E-state index in [2.05, 4.69) is 19.7 Å². The van der Waals surface area contributed by atoms with Gasteiger partial charge in [0.1, 0.15) is 11.6 Å². The lowest BCUT2D eigenvalue weighted by molar-refractivity contribution is 0.157. The fraction of sp³-hybridized carbons (Fsp3) is 0.857. The number of likely N-dealkylation sites (tertiary alicyclic amines) is 1. The Balaban J connectivity index is 1.63. The molecule has 19 heavy (non-hydrogen) atoms. The molecule has 0 aromatic carbocycles. The number of rotatable bonds is 4. The molecule has 0 saturated carbocycles. The van der Waals surface area contributed by atoms with E-state index in [0.717, 1.165) is 38.4 Å². The van der Waals surface area contributed by atoms with Crippen molar-refractivity contribution < 1.29 is 0 Å². The second-order valence-electron chi connectivity index (χ2n) is 5.96. The van der Waals surface area contributed by atoms with Gasteiger partial charge in [0, 0.05) is 19.5 Å². The molecule has 0 spiro atoms. The molecular weight excluding hydrogens is 238 g/mol. The number of hydrogen-bond donors (Lipinski definition) is 1. The van der Waals surface area contributed by atoms with Crippen molar-refractivity contribution in [1.82, 2.24) is 19.7 Å². The molecule has 3 rings (SSSR count). The highest BCUT2D eigenvalue weighted by atomic mass is 15.3. The zero-order valence-corrected chi connectivity index (χ0v) is 11.7. The third-order valence-electron chi connectivity index (χ3n) is 4.48.